The van der Waals surface area contributed by atoms with Crippen molar-refractivity contribution in [3.8, 4) is 0 Å². The minimum Gasteiger partial charge on any atom is -0.398 e. The number of halogens is 4. The second-order valence-electron chi connectivity index (χ2n) is 12.4. The van der Waals surface area contributed by atoms with Crippen LogP contribution in [0, 0.1) is 0 Å². The second kappa shape index (κ2) is 14.3. The van der Waals surface area contributed by atoms with Crippen LogP contribution < -0.4 is 10.9 Å². The molecule has 50 heavy (non-hydrogen) atoms. The van der Waals surface area contributed by atoms with Gasteiger partial charge in [-0.05, 0) is 69.6 Å². The van der Waals surface area contributed by atoms with Gasteiger partial charge in [0.15, 0.2) is 0 Å². The summed E-state index contributed by atoms with van der Waals surface area (Å²) in [5.74, 6) is 0. The van der Waals surface area contributed by atoms with E-state index in [1.54, 1.807) is 0 Å². The van der Waals surface area contributed by atoms with E-state index in [-0.39, 0.29) is 0 Å². The molecule has 246 valence electrons. The summed E-state index contributed by atoms with van der Waals surface area (Å²) in [4.78, 5) is 0. The van der Waals surface area contributed by atoms with E-state index in [2.05, 4.69) is 112 Å². The molecule has 4 nitrogen and oxygen atoms in total. The van der Waals surface area contributed by atoms with Gasteiger partial charge < -0.3 is 18.6 Å². The normalized spacial score (nSPS) is 19.5. The molecule has 0 saturated carbocycles. The van der Waals surface area contributed by atoms with Gasteiger partial charge in [0.2, 0.25) is 0 Å². The predicted molar refractivity (Wildman–Crippen MR) is 214 cm³/mol. The quantitative estimate of drug-likeness (QED) is 0.156. The first-order valence-corrected chi connectivity index (χ1v) is 19.3. The van der Waals surface area contributed by atoms with E-state index in [1.807, 2.05) is 109 Å². The van der Waals surface area contributed by atoms with Crippen LogP contribution in [0.15, 0.2) is 176 Å². The fourth-order valence-electron chi connectivity index (χ4n) is 7.28. The highest BCUT2D eigenvalue weighted by Gasteiger charge is 2.66. The standard InChI is InChI=1S/C40H28B2Br4O4/c43-33-21-31(22-34(44)25-33)41-48-38-37(39(49-41,27-13-5-1-6-14-27)28-15-7-2-8-16-28)47-42(32-23-35(45)26-36(46)24-32)50-40(38,29-17-9-3-10-18-29)30-19-11-4-12-20-30/h1-26,37-38H/t37-,38-/m1/s1. The maximum atomic E-state index is 7.45. The van der Waals surface area contributed by atoms with Crippen molar-refractivity contribution in [2.45, 2.75) is 23.4 Å². The van der Waals surface area contributed by atoms with Gasteiger partial charge in [0.05, 0.1) is 0 Å². The zero-order chi connectivity index (χ0) is 34.3. The minimum absolute atomic E-state index is 0.712. The van der Waals surface area contributed by atoms with Crippen LogP contribution >= 0.6 is 63.7 Å². The summed E-state index contributed by atoms with van der Waals surface area (Å²) in [5, 5.41) is 0. The summed E-state index contributed by atoms with van der Waals surface area (Å²) in [6, 6.07) is 53.5. The fraction of sp³-hybridized carbons (Fsp3) is 0.100. The lowest BCUT2D eigenvalue weighted by atomic mass is 9.62. The smallest absolute Gasteiger partial charge is 0.398 e. The Balaban J connectivity index is 1.47. The highest BCUT2D eigenvalue weighted by Crippen LogP contribution is 2.53. The third-order valence-electron chi connectivity index (χ3n) is 9.33. The van der Waals surface area contributed by atoms with Crippen molar-refractivity contribution in [2.75, 3.05) is 0 Å². The molecule has 2 atom stereocenters. The number of hydrogen-bond donors (Lipinski definition) is 0. The summed E-state index contributed by atoms with van der Waals surface area (Å²) >= 11 is 14.8. The molecular weight excluding hydrogens is 886 g/mol. The van der Waals surface area contributed by atoms with E-state index >= 15 is 0 Å². The lowest BCUT2D eigenvalue weighted by Gasteiger charge is -2.59. The molecule has 8 rings (SSSR count). The van der Waals surface area contributed by atoms with Crippen molar-refractivity contribution < 1.29 is 18.6 Å². The molecule has 2 aliphatic heterocycles. The Kier molecular flexibility index (Phi) is 9.83. The maximum Gasteiger partial charge on any atom is 0.495 e. The van der Waals surface area contributed by atoms with Crippen LogP contribution in [-0.4, -0.2) is 26.4 Å². The lowest BCUT2D eigenvalue weighted by molar-refractivity contribution is -0.210. The molecule has 10 heteroatoms. The third kappa shape index (κ3) is 6.22. The van der Waals surface area contributed by atoms with E-state index in [0.717, 1.165) is 51.1 Å². The molecule has 2 aliphatic rings. The van der Waals surface area contributed by atoms with Gasteiger partial charge in [0.25, 0.3) is 0 Å². The van der Waals surface area contributed by atoms with Gasteiger partial charge in [-0.25, -0.2) is 0 Å². The molecule has 2 saturated heterocycles. The van der Waals surface area contributed by atoms with Crippen molar-refractivity contribution in [1.82, 2.24) is 0 Å². The SMILES string of the molecule is Brc1cc(Br)cc(B2O[C@@H]3[C@@H](OB(c4cc(Br)cc(Br)c4)OC3(c3ccccc3)c3ccccc3)C(c3ccccc3)(c3ccccc3)O2)c1. The van der Waals surface area contributed by atoms with Crippen LogP contribution in [0.3, 0.4) is 0 Å². The minimum atomic E-state index is -1.15. The summed E-state index contributed by atoms with van der Waals surface area (Å²) < 4.78 is 33.1. The number of benzene rings is 6. The maximum absolute atomic E-state index is 7.45. The second-order valence-corrected chi connectivity index (χ2v) is 16.0. The van der Waals surface area contributed by atoms with Gasteiger partial charge in [-0.3, -0.25) is 0 Å². The van der Waals surface area contributed by atoms with E-state index in [9.17, 15) is 0 Å². The zero-order valence-corrected chi connectivity index (χ0v) is 32.8. The molecule has 0 unspecified atom stereocenters. The van der Waals surface area contributed by atoms with Gasteiger partial charge in [-0.1, -0.05) is 185 Å². The Bertz CT molecular complexity index is 1840. The van der Waals surface area contributed by atoms with Crippen molar-refractivity contribution in [2.24, 2.45) is 0 Å². The van der Waals surface area contributed by atoms with Crippen LogP contribution in [0.1, 0.15) is 22.3 Å². The van der Waals surface area contributed by atoms with Crippen LogP contribution in [0.25, 0.3) is 0 Å². The van der Waals surface area contributed by atoms with Crippen LogP contribution in [0.2, 0.25) is 0 Å². The topological polar surface area (TPSA) is 36.9 Å². The fourth-order valence-corrected chi connectivity index (χ4v) is 9.93. The van der Waals surface area contributed by atoms with Crippen molar-refractivity contribution in [3.05, 3.63) is 198 Å². The number of fused-ring (bicyclic) bond motifs is 1. The Morgan fingerprint density at radius 3 is 0.900 bits per heavy atom. The molecule has 0 aromatic heterocycles. The van der Waals surface area contributed by atoms with Gasteiger partial charge in [0.1, 0.15) is 23.4 Å². The summed E-state index contributed by atoms with van der Waals surface area (Å²) in [5.41, 5.74) is 3.15. The van der Waals surface area contributed by atoms with Gasteiger partial charge in [-0.2, -0.15) is 0 Å². The Labute approximate surface area is 326 Å². The monoisotopic (exact) mass is 910 g/mol. The average Bonchev–Trinajstić information content (AvgIpc) is 3.14. The van der Waals surface area contributed by atoms with Crippen molar-refractivity contribution in [1.29, 1.82) is 0 Å². The highest BCUT2D eigenvalue weighted by atomic mass is 79.9. The highest BCUT2D eigenvalue weighted by molar-refractivity contribution is 9.11. The largest absolute Gasteiger partial charge is 0.495 e. The van der Waals surface area contributed by atoms with Crippen LogP contribution in [0.4, 0.5) is 0 Å². The number of hydrogen-bond acceptors (Lipinski definition) is 4. The molecule has 6 aromatic rings. The van der Waals surface area contributed by atoms with E-state index in [0.29, 0.717) is 0 Å². The molecule has 0 radical (unpaired) electrons. The summed E-state index contributed by atoms with van der Waals surface area (Å²) in [6.07, 6.45) is -1.42. The van der Waals surface area contributed by atoms with E-state index in [4.69, 9.17) is 18.6 Å². The molecule has 0 aliphatic carbocycles. The summed E-state index contributed by atoms with van der Waals surface area (Å²) in [7, 11) is -1.64. The van der Waals surface area contributed by atoms with E-state index < -0.39 is 37.6 Å². The predicted octanol–water partition coefficient (Wildman–Crippen LogP) is 9.55. The van der Waals surface area contributed by atoms with Crippen LogP contribution in [-0.2, 0) is 29.8 Å². The van der Waals surface area contributed by atoms with Gasteiger partial charge in [0, 0.05) is 17.9 Å². The molecule has 0 amide bonds. The van der Waals surface area contributed by atoms with Gasteiger partial charge >= 0.3 is 14.2 Å². The van der Waals surface area contributed by atoms with Crippen molar-refractivity contribution >= 4 is 88.9 Å². The average molecular weight is 914 g/mol. The summed E-state index contributed by atoms with van der Waals surface area (Å²) in [6.45, 7) is 0. The third-order valence-corrected chi connectivity index (χ3v) is 11.2. The Morgan fingerprint density at radius 2 is 0.640 bits per heavy atom. The first kappa shape index (κ1) is 34.3. The first-order valence-electron chi connectivity index (χ1n) is 16.2. The Hall–Kier alpha value is -2.79. The first-order chi connectivity index (χ1) is 24.4. The molecular formula is C40H28B2Br4O4. The van der Waals surface area contributed by atoms with Gasteiger partial charge in [-0.15, -0.1) is 0 Å². The van der Waals surface area contributed by atoms with E-state index in [1.165, 1.54) is 0 Å². The zero-order valence-electron chi connectivity index (χ0n) is 26.5. The molecule has 0 spiro atoms. The molecule has 2 heterocycles. The molecule has 0 N–H and O–H groups in total. The number of rotatable bonds is 6. The van der Waals surface area contributed by atoms with Crippen LogP contribution in [0.5, 0.6) is 0 Å². The lowest BCUT2D eigenvalue weighted by Crippen LogP contribution is -2.73. The Morgan fingerprint density at radius 1 is 0.380 bits per heavy atom. The molecule has 2 fully saturated rings. The molecule has 0 bridgehead atoms. The van der Waals surface area contributed by atoms with Crippen molar-refractivity contribution in [3.63, 3.8) is 0 Å². The molecule has 6 aromatic carbocycles.